The van der Waals surface area contributed by atoms with E-state index >= 15 is 0 Å². The Kier molecular flexibility index (Phi) is 4.07. The molecule has 1 amide bonds. The fraction of sp³-hybridized carbons (Fsp3) is 0.308. The molecular weight excluding hydrogens is 264 g/mol. The van der Waals surface area contributed by atoms with Gasteiger partial charge in [0, 0.05) is 12.1 Å². The summed E-state index contributed by atoms with van der Waals surface area (Å²) in [5, 5.41) is 17.7. The number of carbonyl (C=O) groups is 2. The van der Waals surface area contributed by atoms with Crippen molar-refractivity contribution in [2.75, 3.05) is 16.4 Å². The second kappa shape index (κ2) is 5.76. The first-order valence-corrected chi connectivity index (χ1v) is 6.88. The van der Waals surface area contributed by atoms with Crippen LogP contribution >= 0.6 is 11.8 Å². The van der Waals surface area contributed by atoms with Gasteiger partial charge in [-0.05, 0) is 11.6 Å². The lowest BCUT2D eigenvalue weighted by Gasteiger charge is -2.22. The topological polar surface area (TPSA) is 81.4 Å². The van der Waals surface area contributed by atoms with E-state index in [-0.39, 0.29) is 17.4 Å². The van der Waals surface area contributed by atoms with Crippen LogP contribution in [0.25, 0.3) is 0 Å². The van der Waals surface area contributed by atoms with Crippen molar-refractivity contribution >= 4 is 29.3 Å². The second-order valence-electron chi connectivity index (χ2n) is 4.10. The lowest BCUT2D eigenvalue weighted by molar-refractivity contribution is -0.139. The molecule has 1 heterocycles. The zero-order valence-corrected chi connectivity index (χ0v) is 10.9. The number of hydrogen-bond acceptors (Lipinski definition) is 4. The molecule has 1 aromatic carbocycles. The summed E-state index contributed by atoms with van der Waals surface area (Å²) in [7, 11) is 0. The average molecular weight is 276 g/mol. The molecular formula is C13H12N2O3S. The number of carbonyl (C=O) groups excluding carboxylic acids is 1. The van der Waals surface area contributed by atoms with E-state index < -0.39 is 12.0 Å². The van der Waals surface area contributed by atoms with Crippen molar-refractivity contribution < 1.29 is 14.7 Å². The number of amides is 1. The predicted octanol–water partition coefficient (Wildman–Crippen LogP) is 1.29. The molecule has 0 bridgehead atoms. The van der Waals surface area contributed by atoms with Crippen LogP contribution in [0.1, 0.15) is 5.56 Å². The minimum Gasteiger partial charge on any atom is -0.480 e. The van der Waals surface area contributed by atoms with E-state index in [0.717, 1.165) is 5.56 Å². The number of anilines is 1. The van der Waals surface area contributed by atoms with Gasteiger partial charge in [0.05, 0.1) is 17.6 Å². The molecule has 1 N–H and O–H groups in total. The normalized spacial score (nSPS) is 16.8. The molecule has 2 rings (SSSR count). The van der Waals surface area contributed by atoms with Gasteiger partial charge in [-0.3, -0.25) is 9.69 Å². The van der Waals surface area contributed by atoms with Crippen LogP contribution in [0.2, 0.25) is 0 Å². The third-order valence-electron chi connectivity index (χ3n) is 2.92. The molecule has 0 aromatic heterocycles. The van der Waals surface area contributed by atoms with Gasteiger partial charge < -0.3 is 5.11 Å². The standard InChI is InChI=1S/C13H12N2O3S/c14-5-6-19-8-12(16)15-10-4-2-1-3-9(10)7-11(15)13(17)18/h1-4,11H,6-8H2,(H,17,18). The molecule has 6 heteroatoms. The number of aliphatic carboxylic acids is 1. The summed E-state index contributed by atoms with van der Waals surface area (Å²) in [5.74, 6) is -0.933. The van der Waals surface area contributed by atoms with E-state index in [0.29, 0.717) is 12.1 Å². The Balaban J connectivity index is 2.22. The Morgan fingerprint density at radius 3 is 2.89 bits per heavy atom. The molecule has 1 atom stereocenters. The first-order chi connectivity index (χ1) is 9.15. The number of nitrogens with zero attached hydrogens (tertiary/aromatic N) is 2. The number of hydrogen-bond donors (Lipinski definition) is 1. The van der Waals surface area contributed by atoms with Crippen molar-refractivity contribution in [2.45, 2.75) is 12.5 Å². The average Bonchev–Trinajstić information content (AvgIpc) is 2.78. The van der Waals surface area contributed by atoms with E-state index in [2.05, 4.69) is 0 Å². The van der Waals surface area contributed by atoms with Gasteiger partial charge >= 0.3 is 5.97 Å². The molecule has 1 aromatic rings. The highest BCUT2D eigenvalue weighted by Gasteiger charge is 2.37. The third kappa shape index (κ3) is 2.71. The summed E-state index contributed by atoms with van der Waals surface area (Å²) in [5.41, 5.74) is 1.53. The molecule has 1 aliphatic heterocycles. The number of carboxylic acid groups (broad SMARTS) is 1. The Morgan fingerprint density at radius 1 is 1.47 bits per heavy atom. The maximum absolute atomic E-state index is 12.1. The summed E-state index contributed by atoms with van der Waals surface area (Å²) >= 11 is 1.19. The Morgan fingerprint density at radius 2 is 2.21 bits per heavy atom. The predicted molar refractivity (Wildman–Crippen MR) is 72.0 cm³/mol. The Labute approximate surface area is 114 Å². The molecule has 0 saturated carbocycles. The third-order valence-corrected chi connectivity index (χ3v) is 3.71. The molecule has 1 aliphatic rings. The number of carboxylic acids is 1. The number of fused-ring (bicyclic) bond motifs is 1. The Bertz CT molecular complexity index is 553. The molecule has 0 aliphatic carbocycles. The molecule has 5 nitrogen and oxygen atoms in total. The molecule has 0 fully saturated rings. The molecule has 0 saturated heterocycles. The van der Waals surface area contributed by atoms with E-state index in [1.165, 1.54) is 16.7 Å². The zero-order chi connectivity index (χ0) is 13.8. The van der Waals surface area contributed by atoms with Crippen molar-refractivity contribution in [1.82, 2.24) is 0 Å². The van der Waals surface area contributed by atoms with Gasteiger partial charge in [0.2, 0.25) is 5.91 Å². The first kappa shape index (κ1) is 13.4. The molecule has 98 valence electrons. The largest absolute Gasteiger partial charge is 0.480 e. The summed E-state index contributed by atoms with van der Waals surface area (Å²) in [6.07, 6.45) is 0.333. The van der Waals surface area contributed by atoms with Gasteiger partial charge in [0.1, 0.15) is 6.04 Å². The van der Waals surface area contributed by atoms with Crippen LogP contribution in [0.4, 0.5) is 5.69 Å². The van der Waals surface area contributed by atoms with Crippen LogP contribution in [-0.2, 0) is 16.0 Å². The summed E-state index contributed by atoms with van der Waals surface area (Å²) in [6.45, 7) is 0. The number of nitriles is 1. The fourth-order valence-corrected chi connectivity index (χ4v) is 2.65. The van der Waals surface area contributed by atoms with Crippen LogP contribution in [-0.4, -0.2) is 34.5 Å². The van der Waals surface area contributed by atoms with Crippen LogP contribution < -0.4 is 4.90 Å². The van der Waals surface area contributed by atoms with Crippen molar-refractivity contribution in [3.05, 3.63) is 29.8 Å². The van der Waals surface area contributed by atoms with Gasteiger partial charge in [-0.15, -0.1) is 11.8 Å². The lowest BCUT2D eigenvalue weighted by atomic mass is 10.1. The van der Waals surface area contributed by atoms with Crippen molar-refractivity contribution in [3.8, 4) is 6.07 Å². The van der Waals surface area contributed by atoms with E-state index in [1.807, 2.05) is 18.2 Å². The smallest absolute Gasteiger partial charge is 0.327 e. The van der Waals surface area contributed by atoms with E-state index in [9.17, 15) is 14.7 Å². The second-order valence-corrected chi connectivity index (χ2v) is 5.09. The SMILES string of the molecule is N#CCSCC(=O)N1c2ccccc2CC1C(=O)O. The van der Waals surface area contributed by atoms with Gasteiger partial charge in [-0.2, -0.15) is 5.26 Å². The van der Waals surface area contributed by atoms with Crippen molar-refractivity contribution in [1.29, 1.82) is 5.26 Å². The maximum Gasteiger partial charge on any atom is 0.327 e. The summed E-state index contributed by atoms with van der Waals surface area (Å²) < 4.78 is 0. The van der Waals surface area contributed by atoms with Gasteiger partial charge in [0.15, 0.2) is 0 Å². The molecule has 0 radical (unpaired) electrons. The number of benzene rings is 1. The summed E-state index contributed by atoms with van der Waals surface area (Å²) in [6, 6.07) is 8.30. The van der Waals surface area contributed by atoms with Crippen LogP contribution in [0.3, 0.4) is 0 Å². The molecule has 19 heavy (non-hydrogen) atoms. The first-order valence-electron chi connectivity index (χ1n) is 5.72. The summed E-state index contributed by atoms with van der Waals surface area (Å²) in [4.78, 5) is 24.7. The van der Waals surface area contributed by atoms with Crippen LogP contribution in [0.15, 0.2) is 24.3 Å². The highest BCUT2D eigenvalue weighted by molar-refractivity contribution is 8.00. The van der Waals surface area contributed by atoms with Crippen LogP contribution in [0.5, 0.6) is 0 Å². The van der Waals surface area contributed by atoms with Crippen molar-refractivity contribution in [2.24, 2.45) is 0 Å². The lowest BCUT2D eigenvalue weighted by Crippen LogP contribution is -2.43. The minimum absolute atomic E-state index is 0.117. The van der Waals surface area contributed by atoms with Crippen molar-refractivity contribution in [3.63, 3.8) is 0 Å². The monoisotopic (exact) mass is 276 g/mol. The molecule has 0 spiro atoms. The molecule has 1 unspecified atom stereocenters. The maximum atomic E-state index is 12.1. The number of para-hydroxylation sites is 1. The quantitative estimate of drug-likeness (QED) is 0.838. The minimum atomic E-state index is -1.00. The Hall–Kier alpha value is -2.00. The fourth-order valence-electron chi connectivity index (χ4n) is 2.15. The highest BCUT2D eigenvalue weighted by atomic mass is 32.2. The van der Waals surface area contributed by atoms with E-state index in [1.54, 1.807) is 12.1 Å². The number of rotatable bonds is 4. The van der Waals surface area contributed by atoms with Gasteiger partial charge in [-0.25, -0.2) is 4.79 Å². The van der Waals surface area contributed by atoms with Gasteiger partial charge in [-0.1, -0.05) is 18.2 Å². The van der Waals surface area contributed by atoms with Crippen LogP contribution in [0, 0.1) is 11.3 Å². The van der Waals surface area contributed by atoms with Gasteiger partial charge in [0.25, 0.3) is 0 Å². The highest BCUT2D eigenvalue weighted by Crippen LogP contribution is 2.32. The van der Waals surface area contributed by atoms with E-state index in [4.69, 9.17) is 5.26 Å². The zero-order valence-electron chi connectivity index (χ0n) is 10.1. The number of thioether (sulfide) groups is 1.